The maximum absolute atomic E-state index is 12.8. The second kappa shape index (κ2) is 8.54. The zero-order valence-electron chi connectivity index (χ0n) is 14.0. The number of nitrogens with zero attached hydrogens (tertiary/aromatic N) is 1. The van der Waals surface area contributed by atoms with E-state index < -0.39 is 6.36 Å². The van der Waals surface area contributed by atoms with Gasteiger partial charge in [-0.3, -0.25) is 4.90 Å². The molecule has 7 heteroatoms. The predicted octanol–water partition coefficient (Wildman–Crippen LogP) is 4.73. The standard InChI is InChI=1S/C17H24BrF3N2O/c1-12(2)3-5-15(23-9-7-22-8-10-23)14-11-13(18)4-6-16(14)24-17(19,20)21/h4,6,11-12,15,22H,3,5,7-10H2,1-2H3/t15-/m0/s1. The van der Waals surface area contributed by atoms with Crippen LogP contribution in [0.25, 0.3) is 0 Å². The molecule has 2 rings (SSSR count). The van der Waals surface area contributed by atoms with Crippen molar-refractivity contribution in [3.63, 3.8) is 0 Å². The van der Waals surface area contributed by atoms with Crippen LogP contribution in [0, 0.1) is 5.92 Å². The Hall–Kier alpha value is -0.790. The number of ether oxygens (including phenoxy) is 1. The third kappa shape index (κ3) is 5.93. The van der Waals surface area contributed by atoms with Gasteiger partial charge in [0.05, 0.1) is 0 Å². The predicted molar refractivity (Wildman–Crippen MR) is 92.1 cm³/mol. The van der Waals surface area contributed by atoms with Crippen LogP contribution in [0.4, 0.5) is 13.2 Å². The summed E-state index contributed by atoms with van der Waals surface area (Å²) in [7, 11) is 0. The molecular weight excluding hydrogens is 385 g/mol. The molecule has 1 fully saturated rings. The van der Waals surface area contributed by atoms with E-state index in [1.54, 1.807) is 12.1 Å². The van der Waals surface area contributed by atoms with Gasteiger partial charge in [0, 0.05) is 42.3 Å². The molecular formula is C17H24BrF3N2O. The van der Waals surface area contributed by atoms with Crippen molar-refractivity contribution in [1.82, 2.24) is 10.2 Å². The summed E-state index contributed by atoms with van der Waals surface area (Å²) in [4.78, 5) is 2.25. The molecule has 0 radical (unpaired) electrons. The van der Waals surface area contributed by atoms with Crippen LogP contribution in [0.3, 0.4) is 0 Å². The molecule has 0 spiro atoms. The molecule has 0 bridgehead atoms. The minimum absolute atomic E-state index is 0.0793. The van der Waals surface area contributed by atoms with Crippen molar-refractivity contribution in [2.45, 2.75) is 39.1 Å². The second-order valence-electron chi connectivity index (χ2n) is 6.50. The van der Waals surface area contributed by atoms with Gasteiger partial charge in [-0.05, 0) is 37.0 Å². The quantitative estimate of drug-likeness (QED) is 0.735. The van der Waals surface area contributed by atoms with Gasteiger partial charge in [0.2, 0.25) is 0 Å². The molecule has 1 aliphatic rings. The first kappa shape index (κ1) is 19.5. The lowest BCUT2D eigenvalue weighted by atomic mass is 9.95. The Bertz CT molecular complexity index is 531. The molecule has 1 aromatic rings. The molecule has 1 saturated heterocycles. The number of rotatable bonds is 6. The Kier molecular flexibility index (Phi) is 6.95. The molecule has 3 nitrogen and oxygen atoms in total. The number of piperazine rings is 1. The van der Waals surface area contributed by atoms with Crippen molar-refractivity contribution in [3.05, 3.63) is 28.2 Å². The van der Waals surface area contributed by atoms with E-state index >= 15 is 0 Å². The fraction of sp³-hybridized carbons (Fsp3) is 0.647. The number of nitrogens with one attached hydrogen (secondary N) is 1. The Labute approximate surface area is 149 Å². The second-order valence-corrected chi connectivity index (χ2v) is 7.42. The first-order valence-electron chi connectivity index (χ1n) is 8.26. The Morgan fingerprint density at radius 2 is 1.88 bits per heavy atom. The zero-order valence-corrected chi connectivity index (χ0v) is 15.6. The highest BCUT2D eigenvalue weighted by Gasteiger charge is 2.34. The maximum atomic E-state index is 12.8. The number of benzene rings is 1. The van der Waals surface area contributed by atoms with E-state index in [1.165, 1.54) is 6.07 Å². The Morgan fingerprint density at radius 3 is 2.46 bits per heavy atom. The van der Waals surface area contributed by atoms with E-state index in [1.807, 2.05) is 0 Å². The summed E-state index contributed by atoms with van der Waals surface area (Å²) in [5, 5.41) is 3.29. The lowest BCUT2D eigenvalue weighted by Gasteiger charge is -2.36. The molecule has 136 valence electrons. The average molecular weight is 409 g/mol. The Morgan fingerprint density at radius 1 is 1.21 bits per heavy atom. The molecule has 24 heavy (non-hydrogen) atoms. The molecule has 1 N–H and O–H groups in total. The van der Waals surface area contributed by atoms with E-state index in [0.717, 1.165) is 43.5 Å². The van der Waals surface area contributed by atoms with Gasteiger partial charge in [-0.2, -0.15) is 0 Å². The summed E-state index contributed by atoms with van der Waals surface area (Å²) in [5.74, 6) is 0.396. The first-order valence-corrected chi connectivity index (χ1v) is 9.05. The van der Waals surface area contributed by atoms with Gasteiger partial charge < -0.3 is 10.1 Å². The minimum atomic E-state index is -4.69. The summed E-state index contributed by atoms with van der Waals surface area (Å²) < 4.78 is 43.4. The molecule has 0 amide bonds. The number of hydrogen-bond acceptors (Lipinski definition) is 3. The van der Waals surface area contributed by atoms with Gasteiger partial charge in [-0.15, -0.1) is 13.2 Å². The lowest BCUT2D eigenvalue weighted by Crippen LogP contribution is -2.45. The van der Waals surface area contributed by atoms with Crippen LogP contribution in [0.5, 0.6) is 5.75 Å². The number of halogens is 4. The lowest BCUT2D eigenvalue weighted by molar-refractivity contribution is -0.275. The summed E-state index contributed by atoms with van der Waals surface area (Å²) in [6, 6.07) is 4.66. The zero-order chi connectivity index (χ0) is 17.7. The molecule has 0 saturated carbocycles. The first-order chi connectivity index (χ1) is 11.3. The van der Waals surface area contributed by atoms with Crippen LogP contribution >= 0.6 is 15.9 Å². The smallest absolute Gasteiger partial charge is 0.405 e. The van der Waals surface area contributed by atoms with E-state index in [4.69, 9.17) is 0 Å². The molecule has 0 aromatic heterocycles. The van der Waals surface area contributed by atoms with Crippen LogP contribution in [0.2, 0.25) is 0 Å². The van der Waals surface area contributed by atoms with Crippen LogP contribution in [-0.2, 0) is 0 Å². The molecule has 0 unspecified atom stereocenters. The fourth-order valence-corrected chi connectivity index (χ4v) is 3.40. The summed E-state index contributed by atoms with van der Waals surface area (Å²) >= 11 is 3.38. The van der Waals surface area contributed by atoms with Crippen molar-refractivity contribution in [1.29, 1.82) is 0 Å². The minimum Gasteiger partial charge on any atom is -0.405 e. The largest absolute Gasteiger partial charge is 0.573 e. The molecule has 1 heterocycles. The fourth-order valence-electron chi connectivity index (χ4n) is 3.02. The number of hydrogen-bond donors (Lipinski definition) is 1. The van der Waals surface area contributed by atoms with E-state index in [-0.39, 0.29) is 11.8 Å². The third-order valence-electron chi connectivity index (χ3n) is 4.17. The van der Waals surface area contributed by atoms with Crippen molar-refractivity contribution in [2.24, 2.45) is 5.92 Å². The highest BCUT2D eigenvalue weighted by molar-refractivity contribution is 9.10. The molecule has 1 atom stereocenters. The van der Waals surface area contributed by atoms with Crippen molar-refractivity contribution in [3.8, 4) is 5.75 Å². The monoisotopic (exact) mass is 408 g/mol. The van der Waals surface area contributed by atoms with Gasteiger partial charge in [-0.1, -0.05) is 29.8 Å². The van der Waals surface area contributed by atoms with Crippen molar-refractivity contribution in [2.75, 3.05) is 26.2 Å². The highest BCUT2D eigenvalue weighted by Crippen LogP contribution is 2.38. The van der Waals surface area contributed by atoms with Gasteiger partial charge in [0.1, 0.15) is 5.75 Å². The SMILES string of the molecule is CC(C)CC[C@@H](c1cc(Br)ccc1OC(F)(F)F)N1CCNCC1. The third-order valence-corrected chi connectivity index (χ3v) is 4.66. The van der Waals surface area contributed by atoms with Gasteiger partial charge in [-0.25, -0.2) is 0 Å². The summed E-state index contributed by atoms with van der Waals surface area (Å²) in [6.07, 6.45) is -2.93. The summed E-state index contributed by atoms with van der Waals surface area (Å²) in [5.41, 5.74) is 0.601. The van der Waals surface area contributed by atoms with Gasteiger partial charge in [0.25, 0.3) is 0 Å². The van der Waals surface area contributed by atoms with Gasteiger partial charge in [0.15, 0.2) is 0 Å². The molecule has 1 aromatic carbocycles. The topological polar surface area (TPSA) is 24.5 Å². The average Bonchev–Trinajstić information content (AvgIpc) is 2.49. The van der Waals surface area contributed by atoms with Crippen LogP contribution in [0.15, 0.2) is 22.7 Å². The maximum Gasteiger partial charge on any atom is 0.573 e. The van der Waals surface area contributed by atoms with Crippen LogP contribution < -0.4 is 10.1 Å². The van der Waals surface area contributed by atoms with Crippen molar-refractivity contribution >= 4 is 15.9 Å². The normalized spacial score (nSPS) is 18.0. The summed E-state index contributed by atoms with van der Waals surface area (Å²) in [6.45, 7) is 7.59. The van der Waals surface area contributed by atoms with Gasteiger partial charge >= 0.3 is 6.36 Å². The number of alkyl halides is 3. The molecule has 1 aliphatic heterocycles. The van der Waals surface area contributed by atoms with Crippen LogP contribution in [-0.4, -0.2) is 37.4 Å². The van der Waals surface area contributed by atoms with E-state index in [9.17, 15) is 13.2 Å². The van der Waals surface area contributed by atoms with E-state index in [0.29, 0.717) is 11.5 Å². The Balaban J connectivity index is 2.33. The molecule has 0 aliphatic carbocycles. The van der Waals surface area contributed by atoms with E-state index in [2.05, 4.69) is 44.7 Å². The van der Waals surface area contributed by atoms with Crippen LogP contribution in [0.1, 0.15) is 38.3 Å². The van der Waals surface area contributed by atoms with Crippen molar-refractivity contribution < 1.29 is 17.9 Å². The highest BCUT2D eigenvalue weighted by atomic mass is 79.9.